The van der Waals surface area contributed by atoms with Crippen LogP contribution in [-0.2, 0) is 0 Å². The van der Waals surface area contributed by atoms with Crippen LogP contribution < -0.4 is 19.9 Å². The molecule has 9 heteroatoms. The van der Waals surface area contributed by atoms with Gasteiger partial charge in [-0.2, -0.15) is 10.5 Å². The van der Waals surface area contributed by atoms with E-state index in [1.807, 2.05) is 24.3 Å². The highest BCUT2D eigenvalue weighted by molar-refractivity contribution is 5.74. The number of benzene rings is 2. The van der Waals surface area contributed by atoms with Gasteiger partial charge in [0.25, 0.3) is 0 Å². The second-order valence-electron chi connectivity index (χ2n) is 6.77. The van der Waals surface area contributed by atoms with Crippen LogP contribution in [0.3, 0.4) is 0 Å². The van der Waals surface area contributed by atoms with Crippen molar-refractivity contribution < 1.29 is 4.74 Å². The first kappa shape index (κ1) is 19.3. The van der Waals surface area contributed by atoms with Crippen molar-refractivity contribution >= 4 is 22.6 Å². The minimum atomic E-state index is 0.261. The van der Waals surface area contributed by atoms with Crippen molar-refractivity contribution in [2.75, 3.05) is 48.4 Å². The number of piperazine rings is 1. The van der Waals surface area contributed by atoms with E-state index in [1.165, 1.54) is 11.4 Å². The largest absolute Gasteiger partial charge is 0.497 e. The first-order valence-corrected chi connectivity index (χ1v) is 9.61. The zero-order valence-corrected chi connectivity index (χ0v) is 16.6. The van der Waals surface area contributed by atoms with Gasteiger partial charge in [0.05, 0.1) is 7.11 Å². The number of hydrogen-bond donors (Lipinski definition) is 2. The first-order valence-electron chi connectivity index (χ1n) is 9.61. The molecular weight excluding hydrogens is 380 g/mol. The third-order valence-corrected chi connectivity index (χ3v) is 5.04. The molecule has 2 heterocycles. The number of nitrogens with zero attached hydrogens (tertiary/aromatic N) is 6. The third-order valence-electron chi connectivity index (χ3n) is 5.04. The summed E-state index contributed by atoms with van der Waals surface area (Å²) in [5, 5.41) is 25.8. The molecule has 0 amide bonds. The number of nitrogens with one attached hydrogen (secondary N) is 2. The number of methoxy groups -OCH3 is 1. The Morgan fingerprint density at radius 1 is 1.03 bits per heavy atom. The Bertz CT molecular complexity index is 1010. The molecule has 0 saturated carbocycles. The number of allylic oxidation sites excluding steroid dienone is 1. The Kier molecular flexibility index (Phi) is 5.75. The Labute approximate surface area is 174 Å². The van der Waals surface area contributed by atoms with Crippen molar-refractivity contribution in [2.24, 2.45) is 0 Å². The topological polar surface area (TPSA) is 106 Å². The number of nitriles is 1. The van der Waals surface area contributed by atoms with Gasteiger partial charge in [0.2, 0.25) is 5.82 Å². The van der Waals surface area contributed by atoms with Crippen LogP contribution >= 0.6 is 0 Å². The molecule has 1 aliphatic heterocycles. The SMILES string of the molecule is COc1ccc(N2CCN(c3ccc(NC=C(C#N)c4nn[nH]n4)cc3)CC2)cc1. The highest BCUT2D eigenvalue weighted by atomic mass is 16.5. The summed E-state index contributed by atoms with van der Waals surface area (Å²) in [4.78, 5) is 4.76. The number of H-pyrrole nitrogens is 1. The van der Waals surface area contributed by atoms with E-state index in [0.29, 0.717) is 5.57 Å². The predicted octanol–water partition coefficient (Wildman–Crippen LogP) is 2.51. The van der Waals surface area contributed by atoms with Gasteiger partial charge in [-0.1, -0.05) is 0 Å². The Morgan fingerprint density at radius 2 is 1.63 bits per heavy atom. The molecule has 30 heavy (non-hydrogen) atoms. The van der Waals surface area contributed by atoms with Crippen LogP contribution in [0.25, 0.3) is 5.57 Å². The summed E-state index contributed by atoms with van der Waals surface area (Å²) in [7, 11) is 1.68. The quantitative estimate of drug-likeness (QED) is 0.606. The van der Waals surface area contributed by atoms with E-state index in [0.717, 1.165) is 37.6 Å². The number of ether oxygens (including phenoxy) is 1. The van der Waals surface area contributed by atoms with E-state index in [4.69, 9.17) is 4.74 Å². The molecule has 1 saturated heterocycles. The maximum Gasteiger partial charge on any atom is 0.216 e. The zero-order valence-electron chi connectivity index (χ0n) is 16.6. The number of aromatic nitrogens is 4. The minimum Gasteiger partial charge on any atom is -0.497 e. The van der Waals surface area contributed by atoms with Crippen LogP contribution in [0.4, 0.5) is 17.1 Å². The maximum atomic E-state index is 9.22. The fourth-order valence-electron chi connectivity index (χ4n) is 3.36. The van der Waals surface area contributed by atoms with Gasteiger partial charge in [0, 0.05) is 49.4 Å². The standard InChI is InChI=1S/C21H22N8O/c1-30-20-8-6-19(7-9-20)29-12-10-28(11-13-29)18-4-2-17(3-5-18)23-15-16(14-22)21-24-26-27-25-21/h2-9,15,23H,10-13H2,1H3,(H,24,25,26,27). The van der Waals surface area contributed by atoms with Gasteiger partial charge in [0.15, 0.2) is 0 Å². The summed E-state index contributed by atoms with van der Waals surface area (Å²) in [6.07, 6.45) is 1.58. The van der Waals surface area contributed by atoms with Crippen molar-refractivity contribution in [2.45, 2.75) is 0 Å². The molecule has 1 aromatic heterocycles. The lowest BCUT2D eigenvalue weighted by Crippen LogP contribution is -2.46. The van der Waals surface area contributed by atoms with Gasteiger partial charge >= 0.3 is 0 Å². The summed E-state index contributed by atoms with van der Waals surface area (Å²) in [6.45, 7) is 3.83. The average Bonchev–Trinajstić information content (AvgIpc) is 3.35. The van der Waals surface area contributed by atoms with Gasteiger partial charge < -0.3 is 19.9 Å². The molecule has 1 aliphatic rings. The monoisotopic (exact) mass is 402 g/mol. The van der Waals surface area contributed by atoms with E-state index in [9.17, 15) is 5.26 Å². The van der Waals surface area contributed by atoms with Crippen molar-refractivity contribution in [1.29, 1.82) is 5.26 Å². The van der Waals surface area contributed by atoms with Gasteiger partial charge in [-0.3, -0.25) is 0 Å². The molecule has 0 atom stereocenters. The molecule has 0 bridgehead atoms. The Morgan fingerprint density at radius 3 is 2.13 bits per heavy atom. The second-order valence-corrected chi connectivity index (χ2v) is 6.77. The highest BCUT2D eigenvalue weighted by Gasteiger charge is 2.17. The Hall–Kier alpha value is -4.06. The van der Waals surface area contributed by atoms with Gasteiger partial charge in [-0.25, -0.2) is 0 Å². The molecule has 4 rings (SSSR count). The van der Waals surface area contributed by atoms with E-state index >= 15 is 0 Å². The van der Waals surface area contributed by atoms with Gasteiger partial charge in [0.1, 0.15) is 17.4 Å². The lowest BCUT2D eigenvalue weighted by Gasteiger charge is -2.37. The van der Waals surface area contributed by atoms with Gasteiger partial charge in [-0.05, 0) is 53.7 Å². The summed E-state index contributed by atoms with van der Waals surface area (Å²) in [5.41, 5.74) is 3.59. The molecule has 1 fully saturated rings. The lowest BCUT2D eigenvalue weighted by molar-refractivity contribution is 0.415. The zero-order chi connectivity index (χ0) is 20.8. The van der Waals surface area contributed by atoms with Crippen LogP contribution in [0, 0.1) is 11.3 Å². The summed E-state index contributed by atoms with van der Waals surface area (Å²) < 4.78 is 5.23. The fourth-order valence-corrected chi connectivity index (χ4v) is 3.36. The average molecular weight is 402 g/mol. The summed E-state index contributed by atoms with van der Waals surface area (Å²) in [6, 6.07) is 18.4. The van der Waals surface area contributed by atoms with Crippen molar-refractivity contribution in [3.8, 4) is 11.8 Å². The smallest absolute Gasteiger partial charge is 0.216 e. The first-order chi connectivity index (χ1) is 14.8. The van der Waals surface area contributed by atoms with Crippen LogP contribution in [0.2, 0.25) is 0 Å². The van der Waals surface area contributed by atoms with Crippen LogP contribution in [0.1, 0.15) is 5.82 Å². The van der Waals surface area contributed by atoms with E-state index in [1.54, 1.807) is 13.3 Å². The summed E-state index contributed by atoms with van der Waals surface area (Å²) >= 11 is 0. The second kappa shape index (κ2) is 8.96. The van der Waals surface area contributed by atoms with E-state index in [-0.39, 0.29) is 5.82 Å². The molecule has 0 unspecified atom stereocenters. The van der Waals surface area contributed by atoms with Crippen LogP contribution in [0.5, 0.6) is 5.75 Å². The molecule has 2 N–H and O–H groups in total. The molecule has 152 valence electrons. The number of aromatic amines is 1. The summed E-state index contributed by atoms with van der Waals surface area (Å²) in [5.74, 6) is 1.14. The lowest BCUT2D eigenvalue weighted by atomic mass is 10.2. The molecule has 2 aromatic carbocycles. The van der Waals surface area contributed by atoms with Crippen molar-refractivity contribution in [3.63, 3.8) is 0 Å². The number of anilines is 3. The van der Waals surface area contributed by atoms with E-state index < -0.39 is 0 Å². The minimum absolute atomic E-state index is 0.261. The fraction of sp³-hybridized carbons (Fsp3) is 0.238. The Balaban J connectivity index is 1.34. The predicted molar refractivity (Wildman–Crippen MR) is 115 cm³/mol. The third kappa shape index (κ3) is 4.33. The van der Waals surface area contributed by atoms with Crippen LogP contribution in [-0.4, -0.2) is 53.9 Å². The molecule has 9 nitrogen and oxygen atoms in total. The van der Waals surface area contributed by atoms with Gasteiger partial charge in [-0.15, -0.1) is 10.2 Å². The number of hydrogen-bond acceptors (Lipinski definition) is 8. The normalized spacial score (nSPS) is 14.3. The number of tetrazole rings is 1. The van der Waals surface area contributed by atoms with Crippen molar-refractivity contribution in [1.82, 2.24) is 20.6 Å². The molecule has 0 spiro atoms. The van der Waals surface area contributed by atoms with Crippen molar-refractivity contribution in [3.05, 3.63) is 60.6 Å². The maximum absolute atomic E-state index is 9.22. The van der Waals surface area contributed by atoms with E-state index in [2.05, 4.69) is 66.1 Å². The molecule has 3 aromatic rings. The number of rotatable bonds is 6. The highest BCUT2D eigenvalue weighted by Crippen LogP contribution is 2.24. The van der Waals surface area contributed by atoms with Crippen LogP contribution in [0.15, 0.2) is 54.7 Å². The molecular formula is C21H22N8O. The molecule has 0 aliphatic carbocycles. The molecule has 0 radical (unpaired) electrons.